The Labute approximate surface area is 116 Å². The monoisotopic (exact) mass is 262 g/mol. The predicted molar refractivity (Wildman–Crippen MR) is 77.4 cm³/mol. The SMILES string of the molecule is CC(C)(O)c1cccc(B2OC(C)(C)C(C)(C)O2)c1. The maximum atomic E-state index is 10.1. The van der Waals surface area contributed by atoms with Crippen LogP contribution in [0.3, 0.4) is 0 Å². The van der Waals surface area contributed by atoms with Crippen LogP contribution in [-0.4, -0.2) is 23.4 Å². The molecule has 1 aromatic rings. The lowest BCUT2D eigenvalue weighted by Gasteiger charge is -2.32. The van der Waals surface area contributed by atoms with Crippen molar-refractivity contribution in [3.05, 3.63) is 29.8 Å². The third kappa shape index (κ3) is 2.71. The van der Waals surface area contributed by atoms with Gasteiger partial charge >= 0.3 is 7.12 Å². The van der Waals surface area contributed by atoms with Crippen LogP contribution in [0.1, 0.15) is 47.1 Å². The van der Waals surface area contributed by atoms with E-state index in [2.05, 4.69) is 0 Å². The fraction of sp³-hybridized carbons (Fsp3) is 0.600. The average Bonchev–Trinajstić information content (AvgIpc) is 2.47. The minimum absolute atomic E-state index is 0.345. The molecule has 0 saturated carbocycles. The molecule has 1 aromatic carbocycles. The zero-order chi connectivity index (χ0) is 14.5. The first-order chi connectivity index (χ1) is 8.53. The summed E-state index contributed by atoms with van der Waals surface area (Å²) in [6, 6.07) is 7.75. The van der Waals surface area contributed by atoms with E-state index < -0.39 is 5.60 Å². The first-order valence-corrected chi connectivity index (χ1v) is 6.71. The number of hydrogen-bond acceptors (Lipinski definition) is 3. The van der Waals surface area contributed by atoms with Gasteiger partial charge in [-0.1, -0.05) is 24.3 Å². The maximum absolute atomic E-state index is 10.1. The summed E-state index contributed by atoms with van der Waals surface area (Å²) in [5.41, 5.74) is 0.253. The van der Waals surface area contributed by atoms with Crippen LogP contribution in [0.4, 0.5) is 0 Å². The molecule has 1 aliphatic rings. The predicted octanol–water partition coefficient (Wildman–Crippen LogP) is 2.21. The van der Waals surface area contributed by atoms with Crippen molar-refractivity contribution in [1.82, 2.24) is 0 Å². The van der Waals surface area contributed by atoms with Crippen molar-refractivity contribution in [2.45, 2.75) is 58.3 Å². The van der Waals surface area contributed by atoms with Crippen LogP contribution in [-0.2, 0) is 14.9 Å². The Kier molecular flexibility index (Phi) is 3.32. The van der Waals surface area contributed by atoms with E-state index in [1.165, 1.54) is 0 Å². The van der Waals surface area contributed by atoms with E-state index in [0.717, 1.165) is 11.0 Å². The average molecular weight is 262 g/mol. The summed E-state index contributed by atoms with van der Waals surface area (Å²) in [6.45, 7) is 11.7. The lowest BCUT2D eigenvalue weighted by atomic mass is 9.77. The summed E-state index contributed by atoms with van der Waals surface area (Å²) in [6.07, 6.45) is 0. The van der Waals surface area contributed by atoms with Crippen LogP contribution in [0.2, 0.25) is 0 Å². The van der Waals surface area contributed by atoms with E-state index in [4.69, 9.17) is 9.31 Å². The third-order valence-electron chi connectivity index (χ3n) is 4.12. The molecule has 19 heavy (non-hydrogen) atoms. The van der Waals surface area contributed by atoms with Crippen LogP contribution in [0.5, 0.6) is 0 Å². The van der Waals surface area contributed by atoms with Crippen molar-refractivity contribution >= 4 is 12.6 Å². The first kappa shape index (κ1) is 14.6. The highest BCUT2D eigenvalue weighted by atomic mass is 16.7. The van der Waals surface area contributed by atoms with E-state index in [-0.39, 0.29) is 18.3 Å². The van der Waals surface area contributed by atoms with Gasteiger partial charge in [-0.2, -0.15) is 0 Å². The highest BCUT2D eigenvalue weighted by Crippen LogP contribution is 2.36. The second kappa shape index (κ2) is 4.34. The van der Waals surface area contributed by atoms with Crippen LogP contribution in [0.15, 0.2) is 24.3 Å². The van der Waals surface area contributed by atoms with Gasteiger partial charge in [0.25, 0.3) is 0 Å². The van der Waals surface area contributed by atoms with Gasteiger partial charge < -0.3 is 14.4 Å². The van der Waals surface area contributed by atoms with Gasteiger partial charge in [0.2, 0.25) is 0 Å². The van der Waals surface area contributed by atoms with E-state index in [1.807, 2.05) is 52.0 Å². The van der Waals surface area contributed by atoms with Crippen molar-refractivity contribution in [1.29, 1.82) is 0 Å². The smallest absolute Gasteiger partial charge is 0.399 e. The Balaban J connectivity index is 2.30. The summed E-state index contributed by atoms with van der Waals surface area (Å²) in [7, 11) is -0.382. The zero-order valence-corrected chi connectivity index (χ0v) is 12.7. The largest absolute Gasteiger partial charge is 0.494 e. The molecule has 4 heteroatoms. The van der Waals surface area contributed by atoms with Crippen molar-refractivity contribution in [3.63, 3.8) is 0 Å². The highest BCUT2D eigenvalue weighted by molar-refractivity contribution is 6.62. The Hall–Kier alpha value is -0.835. The molecular formula is C15H23BO3. The fourth-order valence-electron chi connectivity index (χ4n) is 2.04. The molecule has 3 nitrogen and oxygen atoms in total. The van der Waals surface area contributed by atoms with Gasteiger partial charge in [-0.3, -0.25) is 0 Å². The summed E-state index contributed by atoms with van der Waals surface area (Å²) >= 11 is 0. The van der Waals surface area contributed by atoms with Crippen molar-refractivity contribution in [2.75, 3.05) is 0 Å². The zero-order valence-electron chi connectivity index (χ0n) is 12.7. The molecule has 1 heterocycles. The normalized spacial score (nSPS) is 21.7. The molecule has 0 aliphatic carbocycles. The molecule has 0 amide bonds. The Bertz CT molecular complexity index is 459. The van der Waals surface area contributed by atoms with Crippen LogP contribution in [0, 0.1) is 0 Å². The fourth-order valence-corrected chi connectivity index (χ4v) is 2.04. The summed E-state index contributed by atoms with van der Waals surface area (Å²) in [5, 5.41) is 10.1. The summed E-state index contributed by atoms with van der Waals surface area (Å²) in [5.74, 6) is 0. The summed E-state index contributed by atoms with van der Waals surface area (Å²) in [4.78, 5) is 0. The molecule has 2 rings (SSSR count). The van der Waals surface area contributed by atoms with E-state index in [1.54, 1.807) is 13.8 Å². The molecule has 1 fully saturated rings. The Morgan fingerprint density at radius 1 is 1.05 bits per heavy atom. The lowest BCUT2D eigenvalue weighted by Crippen LogP contribution is -2.41. The second-order valence-corrected chi connectivity index (χ2v) is 6.77. The van der Waals surface area contributed by atoms with Gasteiger partial charge in [0.15, 0.2) is 0 Å². The molecule has 0 atom stereocenters. The van der Waals surface area contributed by atoms with E-state index in [9.17, 15) is 5.11 Å². The molecule has 1 aliphatic heterocycles. The van der Waals surface area contributed by atoms with Gasteiger partial charge in [-0.25, -0.2) is 0 Å². The van der Waals surface area contributed by atoms with Crippen LogP contribution in [0.25, 0.3) is 0 Å². The first-order valence-electron chi connectivity index (χ1n) is 6.71. The molecule has 1 saturated heterocycles. The molecule has 1 N–H and O–H groups in total. The molecule has 0 spiro atoms. The van der Waals surface area contributed by atoms with E-state index >= 15 is 0 Å². The van der Waals surface area contributed by atoms with Crippen molar-refractivity contribution in [2.24, 2.45) is 0 Å². The Morgan fingerprint density at radius 2 is 1.58 bits per heavy atom. The number of rotatable bonds is 2. The third-order valence-corrected chi connectivity index (χ3v) is 4.12. The maximum Gasteiger partial charge on any atom is 0.494 e. The van der Waals surface area contributed by atoms with Gasteiger partial charge in [0.1, 0.15) is 0 Å². The molecule has 104 valence electrons. The minimum Gasteiger partial charge on any atom is -0.399 e. The molecular weight excluding hydrogens is 239 g/mol. The number of aliphatic hydroxyl groups is 1. The van der Waals surface area contributed by atoms with Crippen LogP contribution < -0.4 is 5.46 Å². The van der Waals surface area contributed by atoms with Gasteiger partial charge in [0, 0.05) is 0 Å². The van der Waals surface area contributed by atoms with Gasteiger partial charge in [-0.15, -0.1) is 0 Å². The lowest BCUT2D eigenvalue weighted by molar-refractivity contribution is 0.00578. The minimum atomic E-state index is -0.861. The van der Waals surface area contributed by atoms with Crippen LogP contribution >= 0.6 is 0 Å². The molecule has 0 radical (unpaired) electrons. The topological polar surface area (TPSA) is 38.7 Å². The van der Waals surface area contributed by atoms with Gasteiger partial charge in [-0.05, 0) is 52.6 Å². The van der Waals surface area contributed by atoms with Gasteiger partial charge in [0.05, 0.1) is 16.8 Å². The van der Waals surface area contributed by atoms with Crippen molar-refractivity contribution in [3.8, 4) is 0 Å². The highest BCUT2D eigenvalue weighted by Gasteiger charge is 2.51. The number of benzene rings is 1. The Morgan fingerprint density at radius 3 is 2.05 bits per heavy atom. The van der Waals surface area contributed by atoms with E-state index in [0.29, 0.717) is 0 Å². The molecule has 0 bridgehead atoms. The number of hydrogen-bond donors (Lipinski definition) is 1. The molecule has 0 unspecified atom stereocenters. The van der Waals surface area contributed by atoms with Crippen molar-refractivity contribution < 1.29 is 14.4 Å². The standard InChI is InChI=1S/C15H23BO3/c1-13(2,17)11-8-7-9-12(10-11)16-18-14(3,4)15(5,6)19-16/h7-10,17H,1-6H3. The second-order valence-electron chi connectivity index (χ2n) is 6.77. The molecule has 0 aromatic heterocycles. The quantitative estimate of drug-likeness (QED) is 0.830. The summed E-state index contributed by atoms with van der Waals surface area (Å²) < 4.78 is 12.0.